The molecule has 0 aliphatic carbocycles. The maximum absolute atomic E-state index is 13.2. The molecular formula is C31H33N3O. The summed E-state index contributed by atoms with van der Waals surface area (Å²) in [6.45, 7) is 7.96. The zero-order valence-electron chi connectivity index (χ0n) is 20.6. The zero-order valence-corrected chi connectivity index (χ0v) is 20.6. The minimum Gasteiger partial charge on any atom is -0.337 e. The van der Waals surface area contributed by atoms with Gasteiger partial charge in [-0.1, -0.05) is 72.3 Å². The van der Waals surface area contributed by atoms with E-state index in [1.54, 1.807) is 0 Å². The number of aryl methyl sites for hydroxylation is 1. The van der Waals surface area contributed by atoms with Crippen LogP contribution in [-0.2, 0) is 13.1 Å². The molecule has 0 saturated carbocycles. The van der Waals surface area contributed by atoms with Crippen molar-refractivity contribution >= 4 is 16.7 Å². The Kier molecular flexibility index (Phi) is 6.94. The Bertz CT molecular complexity index is 1310. The third-order valence-corrected chi connectivity index (χ3v) is 6.92. The van der Waals surface area contributed by atoms with Gasteiger partial charge in [-0.05, 0) is 58.1 Å². The van der Waals surface area contributed by atoms with E-state index in [0.29, 0.717) is 12.1 Å². The van der Waals surface area contributed by atoms with Crippen molar-refractivity contribution in [3.05, 3.63) is 107 Å². The van der Waals surface area contributed by atoms with Gasteiger partial charge in [0.05, 0.1) is 0 Å². The summed E-state index contributed by atoms with van der Waals surface area (Å²) in [5.74, 6) is 0.0350. The molecule has 4 heteroatoms. The van der Waals surface area contributed by atoms with E-state index < -0.39 is 0 Å². The molecule has 1 aliphatic rings. The SMILES string of the molecule is Cc1ccc(-c2ccc(C(=O)N(C)Cc3cccc4cc(CN5CCNCC5)ccc34)cc2)cc1. The highest BCUT2D eigenvalue weighted by Gasteiger charge is 2.15. The molecule has 1 fully saturated rings. The molecule has 0 bridgehead atoms. The summed E-state index contributed by atoms with van der Waals surface area (Å²) in [4.78, 5) is 17.5. The third-order valence-electron chi connectivity index (χ3n) is 6.92. The second-order valence-corrected chi connectivity index (χ2v) is 9.60. The van der Waals surface area contributed by atoms with Crippen LogP contribution in [0.3, 0.4) is 0 Å². The molecule has 1 amide bonds. The van der Waals surface area contributed by atoms with Crippen molar-refractivity contribution in [1.29, 1.82) is 0 Å². The van der Waals surface area contributed by atoms with E-state index in [-0.39, 0.29) is 5.91 Å². The molecule has 1 N–H and O–H groups in total. The van der Waals surface area contributed by atoms with Crippen molar-refractivity contribution in [2.45, 2.75) is 20.0 Å². The minimum absolute atomic E-state index is 0.0350. The van der Waals surface area contributed by atoms with Gasteiger partial charge >= 0.3 is 0 Å². The summed E-state index contributed by atoms with van der Waals surface area (Å²) in [6.07, 6.45) is 0. The number of carbonyl (C=O) groups is 1. The Morgan fingerprint density at radius 3 is 2.29 bits per heavy atom. The highest BCUT2D eigenvalue weighted by atomic mass is 16.2. The number of fused-ring (bicyclic) bond motifs is 1. The first-order chi connectivity index (χ1) is 17.1. The van der Waals surface area contributed by atoms with Gasteiger partial charge in [-0.2, -0.15) is 0 Å². The summed E-state index contributed by atoms with van der Waals surface area (Å²) < 4.78 is 0. The van der Waals surface area contributed by atoms with E-state index in [9.17, 15) is 4.79 Å². The van der Waals surface area contributed by atoms with Crippen LogP contribution in [-0.4, -0.2) is 48.9 Å². The second-order valence-electron chi connectivity index (χ2n) is 9.60. The fraction of sp³-hybridized carbons (Fsp3) is 0.258. The van der Waals surface area contributed by atoms with Crippen molar-refractivity contribution in [2.75, 3.05) is 33.2 Å². The van der Waals surface area contributed by atoms with E-state index in [0.717, 1.165) is 43.9 Å². The quantitative estimate of drug-likeness (QED) is 0.411. The van der Waals surface area contributed by atoms with E-state index >= 15 is 0 Å². The molecule has 0 spiro atoms. The number of carbonyl (C=O) groups excluding carboxylic acids is 1. The lowest BCUT2D eigenvalue weighted by atomic mass is 10.0. The smallest absolute Gasteiger partial charge is 0.253 e. The van der Waals surface area contributed by atoms with E-state index in [2.05, 4.69) is 77.8 Å². The number of rotatable bonds is 6. The number of piperazine rings is 1. The van der Waals surface area contributed by atoms with Gasteiger partial charge in [-0.15, -0.1) is 0 Å². The number of hydrogen-bond acceptors (Lipinski definition) is 3. The first-order valence-electron chi connectivity index (χ1n) is 12.4. The van der Waals surface area contributed by atoms with Crippen LogP contribution in [0, 0.1) is 6.92 Å². The molecule has 178 valence electrons. The van der Waals surface area contributed by atoms with Crippen LogP contribution in [0.1, 0.15) is 27.0 Å². The molecule has 0 aromatic heterocycles. The molecule has 4 nitrogen and oxygen atoms in total. The normalized spacial score (nSPS) is 14.2. The van der Waals surface area contributed by atoms with Crippen LogP contribution in [0.5, 0.6) is 0 Å². The average molecular weight is 464 g/mol. The Balaban J connectivity index is 1.29. The number of hydrogen-bond donors (Lipinski definition) is 1. The lowest BCUT2D eigenvalue weighted by Crippen LogP contribution is -2.42. The summed E-state index contributed by atoms with van der Waals surface area (Å²) in [5, 5.41) is 5.86. The van der Waals surface area contributed by atoms with Gasteiger partial charge in [0.15, 0.2) is 0 Å². The molecule has 1 aliphatic heterocycles. The summed E-state index contributed by atoms with van der Waals surface area (Å²) in [5.41, 5.74) is 6.75. The molecule has 4 aromatic rings. The number of amides is 1. The first-order valence-corrected chi connectivity index (χ1v) is 12.4. The predicted octanol–water partition coefficient (Wildman–Crippen LogP) is 5.49. The largest absolute Gasteiger partial charge is 0.337 e. The van der Waals surface area contributed by atoms with Crippen LogP contribution < -0.4 is 5.32 Å². The molecular weight excluding hydrogens is 430 g/mol. The van der Waals surface area contributed by atoms with Crippen molar-refractivity contribution in [1.82, 2.24) is 15.1 Å². The van der Waals surface area contributed by atoms with Gasteiger partial charge < -0.3 is 10.2 Å². The molecule has 0 atom stereocenters. The second kappa shape index (κ2) is 10.4. The molecule has 4 aromatic carbocycles. The highest BCUT2D eigenvalue weighted by Crippen LogP contribution is 2.24. The maximum atomic E-state index is 13.2. The minimum atomic E-state index is 0.0350. The predicted molar refractivity (Wildman–Crippen MR) is 145 cm³/mol. The molecule has 1 heterocycles. The highest BCUT2D eigenvalue weighted by molar-refractivity contribution is 5.95. The van der Waals surface area contributed by atoms with E-state index in [4.69, 9.17) is 0 Å². The van der Waals surface area contributed by atoms with Crippen molar-refractivity contribution < 1.29 is 4.79 Å². The van der Waals surface area contributed by atoms with Crippen LogP contribution in [0.4, 0.5) is 0 Å². The Labute approximate surface area is 208 Å². The molecule has 1 saturated heterocycles. The lowest BCUT2D eigenvalue weighted by molar-refractivity contribution is 0.0785. The summed E-state index contributed by atoms with van der Waals surface area (Å²) >= 11 is 0. The molecule has 0 radical (unpaired) electrons. The standard InChI is InChI=1S/C31H33N3O/c1-23-6-9-25(10-7-23)26-11-13-27(14-12-26)31(35)33(2)22-29-5-3-4-28-20-24(8-15-30(28)29)21-34-18-16-32-17-19-34/h3-15,20,32H,16-19,21-22H2,1-2H3. The van der Waals surface area contributed by atoms with Crippen LogP contribution in [0.15, 0.2) is 84.9 Å². The van der Waals surface area contributed by atoms with Crippen LogP contribution in [0.25, 0.3) is 21.9 Å². The number of benzene rings is 4. The molecule has 35 heavy (non-hydrogen) atoms. The maximum Gasteiger partial charge on any atom is 0.253 e. The fourth-order valence-corrected chi connectivity index (χ4v) is 4.86. The molecule has 5 rings (SSSR count). The van der Waals surface area contributed by atoms with Gasteiger partial charge in [-0.25, -0.2) is 0 Å². The fourth-order valence-electron chi connectivity index (χ4n) is 4.86. The number of nitrogens with one attached hydrogen (secondary N) is 1. The van der Waals surface area contributed by atoms with Gasteiger partial charge in [0.2, 0.25) is 0 Å². The van der Waals surface area contributed by atoms with E-state index in [1.165, 1.54) is 27.5 Å². The lowest BCUT2D eigenvalue weighted by Gasteiger charge is -2.27. The zero-order chi connectivity index (χ0) is 24.2. The van der Waals surface area contributed by atoms with Crippen molar-refractivity contribution in [2.24, 2.45) is 0 Å². The van der Waals surface area contributed by atoms with Crippen molar-refractivity contribution in [3.63, 3.8) is 0 Å². The van der Waals surface area contributed by atoms with Crippen LogP contribution >= 0.6 is 0 Å². The van der Waals surface area contributed by atoms with Gasteiger partial charge in [0, 0.05) is 51.9 Å². The Morgan fingerprint density at radius 1 is 0.886 bits per heavy atom. The monoisotopic (exact) mass is 463 g/mol. The first kappa shape index (κ1) is 23.3. The van der Waals surface area contributed by atoms with Gasteiger partial charge in [0.1, 0.15) is 0 Å². The Hall–Kier alpha value is -3.47. The summed E-state index contributed by atoms with van der Waals surface area (Å²) in [6, 6.07) is 29.5. The van der Waals surface area contributed by atoms with Crippen LogP contribution in [0.2, 0.25) is 0 Å². The topological polar surface area (TPSA) is 35.6 Å². The number of nitrogens with zero attached hydrogens (tertiary/aromatic N) is 2. The molecule has 0 unspecified atom stereocenters. The Morgan fingerprint density at radius 2 is 1.57 bits per heavy atom. The van der Waals surface area contributed by atoms with Gasteiger partial charge in [-0.3, -0.25) is 9.69 Å². The van der Waals surface area contributed by atoms with Crippen molar-refractivity contribution in [3.8, 4) is 11.1 Å². The van der Waals surface area contributed by atoms with E-state index in [1.807, 2.05) is 36.2 Å². The summed E-state index contributed by atoms with van der Waals surface area (Å²) in [7, 11) is 1.88. The van der Waals surface area contributed by atoms with Gasteiger partial charge in [0.25, 0.3) is 5.91 Å². The average Bonchev–Trinajstić information content (AvgIpc) is 2.89. The third kappa shape index (κ3) is 5.45.